The lowest BCUT2D eigenvalue weighted by Crippen LogP contribution is -2.52. The minimum absolute atomic E-state index is 0.0159. The van der Waals surface area contributed by atoms with Crippen LogP contribution in [0.25, 0.3) is 0 Å². The number of methoxy groups -OCH3 is 2. The van der Waals surface area contributed by atoms with Crippen molar-refractivity contribution in [2.24, 2.45) is 0 Å². The van der Waals surface area contributed by atoms with Gasteiger partial charge in [-0.1, -0.05) is 48.5 Å². The van der Waals surface area contributed by atoms with Crippen LogP contribution in [0.2, 0.25) is 0 Å². The lowest BCUT2D eigenvalue weighted by Gasteiger charge is -2.43. The van der Waals surface area contributed by atoms with E-state index >= 15 is 0 Å². The number of benzene rings is 3. The van der Waals surface area contributed by atoms with Gasteiger partial charge in [-0.15, -0.1) is 0 Å². The van der Waals surface area contributed by atoms with Gasteiger partial charge in [0.1, 0.15) is 24.7 Å². The monoisotopic (exact) mass is 604 g/mol. The topological polar surface area (TPSA) is 89.9 Å². The van der Waals surface area contributed by atoms with Crippen molar-refractivity contribution in [3.05, 3.63) is 89.5 Å². The van der Waals surface area contributed by atoms with Crippen molar-refractivity contribution in [3.63, 3.8) is 0 Å². The van der Waals surface area contributed by atoms with E-state index in [0.29, 0.717) is 39.2 Å². The highest BCUT2D eigenvalue weighted by Gasteiger charge is 2.40. The number of likely N-dealkylation sites (tertiary alicyclic amines) is 1. The van der Waals surface area contributed by atoms with Crippen LogP contribution in [0.3, 0.4) is 0 Å². The van der Waals surface area contributed by atoms with E-state index in [9.17, 15) is 9.90 Å². The van der Waals surface area contributed by atoms with Crippen LogP contribution in [0, 0.1) is 0 Å². The van der Waals surface area contributed by atoms with Crippen LogP contribution in [0.15, 0.2) is 72.8 Å². The zero-order valence-corrected chi connectivity index (χ0v) is 25.7. The molecule has 9 nitrogen and oxygen atoms in total. The molecule has 3 aromatic carbocycles. The first-order chi connectivity index (χ1) is 21.6. The summed E-state index contributed by atoms with van der Waals surface area (Å²) in [6.07, 6.45) is 1.36. The molecule has 236 valence electrons. The number of hydrogen-bond donors (Lipinski definition) is 1. The summed E-state index contributed by atoms with van der Waals surface area (Å²) in [5, 5.41) is 9.91. The standard InChI is InChI=1S/C35H44N2O7/c1-40-19-6-16-36-17-20-42-33-14-9-27(21-32(33)36)25-43-34-23-37(35(39)44-24-26-7-4-3-5-8-26)29(15-18-38)22-31(34)28-10-12-30(41-2)13-11-28/h3-5,7-14,21,29,31,34,38H,6,15-20,22-25H2,1-2H3/t29-,31-,34+/m1/s1. The molecule has 1 saturated heterocycles. The third kappa shape index (κ3) is 8.02. The van der Waals surface area contributed by atoms with Crippen LogP contribution in [-0.4, -0.2) is 81.9 Å². The van der Waals surface area contributed by atoms with Gasteiger partial charge in [-0.2, -0.15) is 0 Å². The first kappa shape index (κ1) is 31.6. The Labute approximate surface area is 260 Å². The number of hydrogen-bond acceptors (Lipinski definition) is 8. The Morgan fingerprint density at radius 2 is 1.82 bits per heavy atom. The molecular weight excluding hydrogens is 560 g/mol. The molecule has 9 heteroatoms. The first-order valence-electron chi connectivity index (χ1n) is 15.4. The molecule has 1 fully saturated rings. The van der Waals surface area contributed by atoms with E-state index in [1.807, 2.05) is 54.6 Å². The van der Waals surface area contributed by atoms with Gasteiger partial charge in [-0.05, 0) is 60.2 Å². The number of ether oxygens (including phenoxy) is 5. The quantitative estimate of drug-likeness (QED) is 0.260. The molecule has 5 rings (SSSR count). The molecule has 3 aromatic rings. The van der Waals surface area contributed by atoms with E-state index in [4.69, 9.17) is 23.7 Å². The van der Waals surface area contributed by atoms with E-state index in [-0.39, 0.29) is 31.3 Å². The third-order valence-corrected chi connectivity index (χ3v) is 8.46. The number of rotatable bonds is 13. The number of nitrogens with zero attached hydrogens (tertiary/aromatic N) is 2. The van der Waals surface area contributed by atoms with Crippen molar-refractivity contribution in [3.8, 4) is 11.5 Å². The van der Waals surface area contributed by atoms with Gasteiger partial charge in [0.15, 0.2) is 0 Å². The molecule has 44 heavy (non-hydrogen) atoms. The molecule has 3 atom stereocenters. The Hall–Kier alpha value is -3.79. The van der Waals surface area contributed by atoms with Crippen molar-refractivity contribution in [1.82, 2.24) is 4.90 Å². The van der Waals surface area contributed by atoms with Crippen molar-refractivity contribution < 1.29 is 33.6 Å². The number of aliphatic hydroxyl groups excluding tert-OH is 1. The number of anilines is 1. The zero-order chi connectivity index (χ0) is 30.7. The second kappa shape index (κ2) is 15.8. The van der Waals surface area contributed by atoms with Crippen molar-refractivity contribution in [1.29, 1.82) is 0 Å². The lowest BCUT2D eigenvalue weighted by atomic mass is 9.82. The number of piperidine rings is 1. The molecule has 0 unspecified atom stereocenters. The number of aliphatic hydroxyl groups is 1. The van der Waals surface area contributed by atoms with Gasteiger partial charge in [0.2, 0.25) is 0 Å². The molecule has 0 saturated carbocycles. The summed E-state index contributed by atoms with van der Waals surface area (Å²) in [5.74, 6) is 1.68. The van der Waals surface area contributed by atoms with E-state index in [0.717, 1.165) is 53.4 Å². The fourth-order valence-electron chi connectivity index (χ4n) is 6.10. The summed E-state index contributed by atoms with van der Waals surface area (Å²) in [4.78, 5) is 17.5. The van der Waals surface area contributed by atoms with Crippen LogP contribution < -0.4 is 14.4 Å². The molecule has 0 aliphatic carbocycles. The van der Waals surface area contributed by atoms with Gasteiger partial charge in [0, 0.05) is 38.8 Å². The Morgan fingerprint density at radius 3 is 2.57 bits per heavy atom. The Kier molecular flexibility index (Phi) is 11.4. The zero-order valence-electron chi connectivity index (χ0n) is 25.7. The van der Waals surface area contributed by atoms with Gasteiger partial charge >= 0.3 is 6.09 Å². The van der Waals surface area contributed by atoms with Crippen LogP contribution in [0.4, 0.5) is 10.5 Å². The van der Waals surface area contributed by atoms with Gasteiger partial charge in [-0.25, -0.2) is 4.79 Å². The van der Waals surface area contributed by atoms with Gasteiger partial charge in [0.05, 0.1) is 38.6 Å². The number of fused-ring (bicyclic) bond motifs is 1. The number of carbonyl (C=O) groups is 1. The highest BCUT2D eigenvalue weighted by atomic mass is 16.6. The molecule has 1 N–H and O–H groups in total. The van der Waals surface area contributed by atoms with Crippen LogP contribution in [0.5, 0.6) is 11.5 Å². The first-order valence-corrected chi connectivity index (χ1v) is 15.4. The number of amides is 1. The summed E-state index contributed by atoms with van der Waals surface area (Å²) in [6, 6.07) is 23.7. The SMILES string of the molecule is COCCCN1CCOc2ccc(CO[C@H]3CN(C(=O)OCc4ccccc4)[C@H](CCO)C[C@@H]3c3ccc(OC)cc3)cc21. The van der Waals surface area contributed by atoms with Crippen LogP contribution in [-0.2, 0) is 27.4 Å². The maximum Gasteiger partial charge on any atom is 0.410 e. The van der Waals surface area contributed by atoms with E-state index in [1.54, 1.807) is 19.1 Å². The summed E-state index contributed by atoms with van der Waals surface area (Å²) in [7, 11) is 3.38. The molecule has 2 aliphatic rings. The summed E-state index contributed by atoms with van der Waals surface area (Å²) >= 11 is 0. The smallest absolute Gasteiger partial charge is 0.410 e. The summed E-state index contributed by atoms with van der Waals surface area (Å²) in [5.41, 5.74) is 4.14. The maximum atomic E-state index is 13.4. The van der Waals surface area contributed by atoms with Crippen molar-refractivity contribution in [2.45, 2.75) is 50.5 Å². The Morgan fingerprint density at radius 1 is 1.00 bits per heavy atom. The molecule has 2 aliphatic heterocycles. The third-order valence-electron chi connectivity index (χ3n) is 8.46. The molecule has 0 bridgehead atoms. The molecule has 0 spiro atoms. The van der Waals surface area contributed by atoms with Gasteiger partial charge in [-0.3, -0.25) is 0 Å². The molecule has 1 amide bonds. The highest BCUT2D eigenvalue weighted by Crippen LogP contribution is 2.37. The molecular formula is C35H44N2O7. The fourth-order valence-corrected chi connectivity index (χ4v) is 6.10. The van der Waals surface area contributed by atoms with Gasteiger partial charge < -0.3 is 38.6 Å². The second-order valence-electron chi connectivity index (χ2n) is 11.3. The highest BCUT2D eigenvalue weighted by molar-refractivity contribution is 5.68. The molecule has 0 radical (unpaired) electrons. The largest absolute Gasteiger partial charge is 0.497 e. The summed E-state index contributed by atoms with van der Waals surface area (Å²) < 4.78 is 29.0. The lowest BCUT2D eigenvalue weighted by molar-refractivity contribution is -0.0444. The second-order valence-corrected chi connectivity index (χ2v) is 11.3. The summed E-state index contributed by atoms with van der Waals surface area (Å²) in [6.45, 7) is 4.00. The average Bonchev–Trinajstić information content (AvgIpc) is 3.07. The molecule has 2 heterocycles. The van der Waals surface area contributed by atoms with Crippen LogP contribution in [0.1, 0.15) is 41.9 Å². The fraction of sp³-hybridized carbons (Fsp3) is 0.457. The predicted octanol–water partition coefficient (Wildman–Crippen LogP) is 5.39. The Balaban J connectivity index is 1.34. The predicted molar refractivity (Wildman–Crippen MR) is 168 cm³/mol. The average molecular weight is 605 g/mol. The maximum absolute atomic E-state index is 13.4. The minimum Gasteiger partial charge on any atom is -0.497 e. The van der Waals surface area contributed by atoms with Crippen LogP contribution >= 0.6 is 0 Å². The van der Waals surface area contributed by atoms with E-state index in [1.165, 1.54) is 0 Å². The normalized spacial score (nSPS) is 19.7. The van der Waals surface area contributed by atoms with Crippen molar-refractivity contribution >= 4 is 11.8 Å². The Bertz CT molecular complexity index is 1320. The van der Waals surface area contributed by atoms with Crippen molar-refractivity contribution in [2.75, 3.05) is 58.6 Å². The minimum atomic E-state index is -0.397. The van der Waals surface area contributed by atoms with Gasteiger partial charge in [0.25, 0.3) is 0 Å². The molecule has 0 aromatic heterocycles. The van der Waals surface area contributed by atoms with E-state index < -0.39 is 6.09 Å². The van der Waals surface area contributed by atoms with E-state index in [2.05, 4.69) is 23.1 Å². The number of carbonyl (C=O) groups excluding carboxylic acids is 1.